The zero-order valence-corrected chi connectivity index (χ0v) is 12.1. The Balaban J connectivity index is 2.48. The Morgan fingerprint density at radius 3 is 2.00 bits per heavy atom. The number of hydrogen-bond acceptors (Lipinski definition) is 2. The maximum absolute atomic E-state index is 12.1. The summed E-state index contributed by atoms with van der Waals surface area (Å²) in [6.07, 6.45) is 2.26. The number of likely N-dealkylation sites (tertiary alicyclic amines) is 1. The second-order valence-corrected chi connectivity index (χ2v) is 5.99. The topological polar surface area (TPSA) is 23.6 Å². The maximum Gasteiger partial charge on any atom is 0.227 e. The minimum absolute atomic E-state index is 0.234. The van der Waals surface area contributed by atoms with Crippen LogP contribution in [0.2, 0.25) is 0 Å². The van der Waals surface area contributed by atoms with Crippen LogP contribution in [0.3, 0.4) is 0 Å². The Morgan fingerprint density at radius 1 is 1.18 bits per heavy atom. The van der Waals surface area contributed by atoms with Gasteiger partial charge in [-0.05, 0) is 25.9 Å². The molecule has 0 spiro atoms. The van der Waals surface area contributed by atoms with Crippen molar-refractivity contribution in [1.82, 2.24) is 9.80 Å². The van der Waals surface area contributed by atoms with Gasteiger partial charge >= 0.3 is 0 Å². The van der Waals surface area contributed by atoms with E-state index >= 15 is 0 Å². The summed E-state index contributed by atoms with van der Waals surface area (Å²) < 4.78 is 0. The molecule has 0 aromatic rings. The molecule has 0 N–H and O–H groups in total. The van der Waals surface area contributed by atoms with Crippen molar-refractivity contribution < 1.29 is 4.79 Å². The molecule has 100 valence electrons. The minimum atomic E-state index is -0.234. The lowest BCUT2D eigenvalue weighted by molar-refractivity contribution is -0.141. The van der Waals surface area contributed by atoms with Crippen molar-refractivity contribution >= 4 is 5.91 Å². The molecule has 1 aliphatic rings. The Hall–Kier alpha value is -0.570. The van der Waals surface area contributed by atoms with Gasteiger partial charge < -0.3 is 9.80 Å². The first kappa shape index (κ1) is 14.5. The highest BCUT2D eigenvalue weighted by atomic mass is 16.2. The zero-order valence-electron chi connectivity index (χ0n) is 12.1. The molecule has 0 radical (unpaired) electrons. The monoisotopic (exact) mass is 240 g/mol. The van der Waals surface area contributed by atoms with E-state index in [1.807, 2.05) is 25.7 Å². The summed E-state index contributed by atoms with van der Waals surface area (Å²) in [5.41, 5.74) is -0.234. The van der Waals surface area contributed by atoms with Gasteiger partial charge in [0.2, 0.25) is 5.91 Å². The second kappa shape index (κ2) is 5.85. The number of amides is 1. The van der Waals surface area contributed by atoms with E-state index in [2.05, 4.69) is 18.7 Å². The molecule has 1 rings (SSSR count). The van der Waals surface area contributed by atoms with Crippen molar-refractivity contribution in [2.24, 2.45) is 5.41 Å². The molecule has 0 aromatic heterocycles. The van der Waals surface area contributed by atoms with Crippen LogP contribution < -0.4 is 0 Å². The Kier molecular flexibility index (Phi) is 4.99. The Bertz CT molecular complexity index is 245. The molecule has 0 atom stereocenters. The fourth-order valence-corrected chi connectivity index (χ4v) is 2.65. The third-order valence-corrected chi connectivity index (χ3v) is 3.72. The summed E-state index contributed by atoms with van der Waals surface area (Å²) in [5, 5.41) is 0. The number of carbonyl (C=O) groups excluding carboxylic acids is 1. The van der Waals surface area contributed by atoms with E-state index in [0.29, 0.717) is 11.9 Å². The molecule has 1 saturated heterocycles. The number of hydrogen-bond donors (Lipinski definition) is 0. The van der Waals surface area contributed by atoms with Crippen LogP contribution in [0.25, 0.3) is 0 Å². The molecule has 3 nitrogen and oxygen atoms in total. The van der Waals surface area contributed by atoms with Crippen molar-refractivity contribution in [3.8, 4) is 0 Å². The van der Waals surface area contributed by atoms with Gasteiger partial charge in [0, 0.05) is 24.5 Å². The van der Waals surface area contributed by atoms with Gasteiger partial charge in [-0.2, -0.15) is 0 Å². The van der Waals surface area contributed by atoms with Gasteiger partial charge in [-0.15, -0.1) is 0 Å². The Labute approximate surface area is 106 Å². The highest BCUT2D eigenvalue weighted by molar-refractivity contribution is 5.81. The van der Waals surface area contributed by atoms with Crippen LogP contribution in [-0.4, -0.2) is 47.9 Å². The Morgan fingerprint density at radius 2 is 1.65 bits per heavy atom. The average molecular weight is 240 g/mol. The molecule has 17 heavy (non-hydrogen) atoms. The molecule has 3 heteroatoms. The number of rotatable bonds is 3. The number of carbonyl (C=O) groups is 1. The van der Waals surface area contributed by atoms with Crippen molar-refractivity contribution in [1.29, 1.82) is 0 Å². The molecule has 0 bridgehead atoms. The highest BCUT2D eigenvalue weighted by Crippen LogP contribution is 2.22. The van der Waals surface area contributed by atoms with Crippen molar-refractivity contribution in [2.45, 2.75) is 53.5 Å². The third-order valence-electron chi connectivity index (χ3n) is 3.72. The summed E-state index contributed by atoms with van der Waals surface area (Å²) >= 11 is 0. The van der Waals surface area contributed by atoms with E-state index in [4.69, 9.17) is 0 Å². The van der Waals surface area contributed by atoms with Crippen LogP contribution in [0.5, 0.6) is 0 Å². The predicted octanol–water partition coefficient (Wildman–Crippen LogP) is 2.37. The minimum Gasteiger partial charge on any atom is -0.342 e. The van der Waals surface area contributed by atoms with Gasteiger partial charge in [-0.1, -0.05) is 34.6 Å². The van der Waals surface area contributed by atoms with Crippen LogP contribution in [0, 0.1) is 5.41 Å². The summed E-state index contributed by atoms with van der Waals surface area (Å²) in [6.45, 7) is 14.5. The molecular formula is C14H28N2O. The first-order valence-electron chi connectivity index (χ1n) is 6.93. The normalized spacial score (nSPS) is 18.8. The fraction of sp³-hybridized carbons (Fsp3) is 0.929. The van der Waals surface area contributed by atoms with E-state index in [1.165, 1.54) is 0 Å². The van der Waals surface area contributed by atoms with Crippen LogP contribution in [-0.2, 0) is 4.79 Å². The molecule has 1 fully saturated rings. The zero-order chi connectivity index (χ0) is 13.1. The van der Waals surface area contributed by atoms with Gasteiger partial charge in [0.1, 0.15) is 0 Å². The molecule has 0 aromatic carbocycles. The summed E-state index contributed by atoms with van der Waals surface area (Å²) in [6, 6.07) is 0.675. The van der Waals surface area contributed by atoms with E-state index in [9.17, 15) is 4.79 Å². The quantitative estimate of drug-likeness (QED) is 0.756. The SMILES string of the molecule is CCN(CC)C1CCN(C(=O)C(C)(C)C)CC1. The molecule has 1 amide bonds. The first-order valence-corrected chi connectivity index (χ1v) is 6.93. The summed E-state index contributed by atoms with van der Waals surface area (Å²) in [7, 11) is 0. The van der Waals surface area contributed by atoms with Crippen molar-refractivity contribution in [2.75, 3.05) is 26.2 Å². The molecule has 0 unspecified atom stereocenters. The third kappa shape index (κ3) is 3.70. The fourth-order valence-electron chi connectivity index (χ4n) is 2.65. The van der Waals surface area contributed by atoms with Gasteiger partial charge in [-0.25, -0.2) is 0 Å². The molecule has 1 aliphatic heterocycles. The smallest absolute Gasteiger partial charge is 0.227 e. The number of nitrogens with zero attached hydrogens (tertiary/aromatic N) is 2. The van der Waals surface area contributed by atoms with Crippen molar-refractivity contribution in [3.63, 3.8) is 0 Å². The maximum atomic E-state index is 12.1. The first-order chi connectivity index (χ1) is 7.90. The molecule has 1 heterocycles. The van der Waals surface area contributed by atoms with Crippen LogP contribution in [0.1, 0.15) is 47.5 Å². The predicted molar refractivity (Wildman–Crippen MR) is 72.0 cm³/mol. The molecule has 0 aliphatic carbocycles. The van der Waals surface area contributed by atoms with Gasteiger partial charge in [0.25, 0.3) is 0 Å². The van der Waals surface area contributed by atoms with E-state index in [1.54, 1.807) is 0 Å². The van der Waals surface area contributed by atoms with Gasteiger partial charge in [0.05, 0.1) is 0 Å². The number of piperidine rings is 1. The molecule has 0 saturated carbocycles. The second-order valence-electron chi connectivity index (χ2n) is 5.99. The van der Waals surface area contributed by atoms with E-state index in [0.717, 1.165) is 39.0 Å². The van der Waals surface area contributed by atoms with E-state index < -0.39 is 0 Å². The van der Waals surface area contributed by atoms with Crippen molar-refractivity contribution in [3.05, 3.63) is 0 Å². The average Bonchev–Trinajstić information content (AvgIpc) is 2.29. The van der Waals surface area contributed by atoms with Crippen LogP contribution >= 0.6 is 0 Å². The van der Waals surface area contributed by atoms with Gasteiger partial charge in [-0.3, -0.25) is 4.79 Å². The van der Waals surface area contributed by atoms with Crippen LogP contribution in [0.15, 0.2) is 0 Å². The lowest BCUT2D eigenvalue weighted by Crippen LogP contribution is -2.49. The lowest BCUT2D eigenvalue weighted by atomic mass is 9.92. The standard InChI is InChI=1S/C14H28N2O/c1-6-15(7-2)12-8-10-16(11-9-12)13(17)14(3,4)5/h12H,6-11H2,1-5H3. The largest absolute Gasteiger partial charge is 0.342 e. The van der Waals surface area contributed by atoms with Crippen LogP contribution in [0.4, 0.5) is 0 Å². The molecular weight excluding hydrogens is 212 g/mol. The van der Waals surface area contributed by atoms with E-state index in [-0.39, 0.29) is 5.41 Å². The lowest BCUT2D eigenvalue weighted by Gasteiger charge is -2.39. The van der Waals surface area contributed by atoms with Gasteiger partial charge in [0.15, 0.2) is 0 Å². The summed E-state index contributed by atoms with van der Waals surface area (Å²) in [5.74, 6) is 0.301. The highest BCUT2D eigenvalue weighted by Gasteiger charge is 2.31. The summed E-state index contributed by atoms with van der Waals surface area (Å²) in [4.78, 5) is 16.7.